The average molecular weight is 377 g/mol. The number of nitrogens with zero attached hydrogens (tertiary/aromatic N) is 1. The van der Waals surface area contributed by atoms with Gasteiger partial charge in [0, 0.05) is 17.6 Å². The van der Waals surface area contributed by atoms with Crippen LogP contribution in [0.25, 0.3) is 0 Å². The van der Waals surface area contributed by atoms with Gasteiger partial charge < -0.3 is 5.73 Å². The van der Waals surface area contributed by atoms with Crippen molar-refractivity contribution < 1.29 is 12.8 Å². The van der Waals surface area contributed by atoms with E-state index in [2.05, 4.69) is 15.9 Å². The molecular weight excluding hydrogens is 359 g/mol. The number of rotatable bonds is 6. The van der Waals surface area contributed by atoms with Crippen LogP contribution in [0.4, 0.5) is 10.1 Å². The number of nitrogens with two attached hydrogens (primary N) is 1. The van der Waals surface area contributed by atoms with Crippen molar-refractivity contribution in [2.75, 3.05) is 18.8 Å². The third-order valence-corrected chi connectivity index (χ3v) is 6.78. The summed E-state index contributed by atoms with van der Waals surface area (Å²) in [4.78, 5) is 0.0581. The predicted molar refractivity (Wildman–Crippen MR) is 82.7 cm³/mol. The zero-order valence-electron chi connectivity index (χ0n) is 11.6. The van der Waals surface area contributed by atoms with Gasteiger partial charge in [-0.1, -0.05) is 0 Å². The van der Waals surface area contributed by atoms with Crippen LogP contribution in [0.15, 0.2) is 21.5 Å². The Balaban J connectivity index is 1.93. The van der Waals surface area contributed by atoms with Gasteiger partial charge in [0.25, 0.3) is 0 Å². The Hall–Kier alpha value is -0.660. The van der Waals surface area contributed by atoms with Gasteiger partial charge in [-0.25, -0.2) is 12.8 Å². The van der Waals surface area contributed by atoms with Crippen molar-refractivity contribution in [2.24, 2.45) is 11.8 Å². The minimum Gasteiger partial charge on any atom is -0.396 e. The van der Waals surface area contributed by atoms with E-state index >= 15 is 0 Å². The first-order valence-electron chi connectivity index (χ1n) is 7.12. The molecule has 0 amide bonds. The highest BCUT2D eigenvalue weighted by molar-refractivity contribution is 9.10. The van der Waals surface area contributed by atoms with Crippen molar-refractivity contribution in [1.82, 2.24) is 4.31 Å². The number of hydrogen-bond donors (Lipinski definition) is 1. The van der Waals surface area contributed by atoms with Gasteiger partial charge in [0.1, 0.15) is 5.82 Å². The highest BCUT2D eigenvalue weighted by atomic mass is 79.9. The number of nitrogen functional groups attached to an aromatic ring is 1. The molecule has 0 unspecified atom stereocenters. The van der Waals surface area contributed by atoms with Crippen molar-refractivity contribution in [3.8, 4) is 0 Å². The van der Waals surface area contributed by atoms with E-state index in [0.717, 1.165) is 31.7 Å². The van der Waals surface area contributed by atoms with E-state index in [4.69, 9.17) is 5.73 Å². The Morgan fingerprint density at radius 3 is 2.19 bits per heavy atom. The Morgan fingerprint density at radius 2 is 1.71 bits per heavy atom. The molecule has 0 saturated heterocycles. The van der Waals surface area contributed by atoms with E-state index in [9.17, 15) is 12.8 Å². The largest absolute Gasteiger partial charge is 0.396 e. The molecule has 0 radical (unpaired) electrons. The van der Waals surface area contributed by atoms with Crippen LogP contribution in [-0.2, 0) is 10.0 Å². The predicted octanol–water partition coefficient (Wildman–Crippen LogP) is 2.98. The van der Waals surface area contributed by atoms with Crippen LogP contribution < -0.4 is 5.73 Å². The molecule has 0 aliphatic heterocycles. The van der Waals surface area contributed by atoms with Crippen LogP contribution in [-0.4, -0.2) is 25.8 Å². The monoisotopic (exact) mass is 376 g/mol. The maximum Gasteiger partial charge on any atom is 0.244 e. The number of benzene rings is 1. The molecule has 0 atom stereocenters. The molecule has 2 fully saturated rings. The zero-order chi connectivity index (χ0) is 15.2. The van der Waals surface area contributed by atoms with Gasteiger partial charge >= 0.3 is 0 Å². The summed E-state index contributed by atoms with van der Waals surface area (Å²) >= 11 is 3.15. The molecule has 2 aliphatic rings. The number of anilines is 1. The molecule has 21 heavy (non-hydrogen) atoms. The lowest BCUT2D eigenvalue weighted by Crippen LogP contribution is -2.35. The van der Waals surface area contributed by atoms with Gasteiger partial charge in [0.2, 0.25) is 10.0 Å². The van der Waals surface area contributed by atoms with Crippen molar-refractivity contribution in [2.45, 2.75) is 30.6 Å². The van der Waals surface area contributed by atoms with E-state index in [1.165, 1.54) is 6.07 Å². The number of sulfonamides is 1. The van der Waals surface area contributed by atoms with Crippen molar-refractivity contribution in [1.29, 1.82) is 0 Å². The third-order valence-electron chi connectivity index (χ3n) is 3.99. The first-order valence-corrected chi connectivity index (χ1v) is 9.36. The summed E-state index contributed by atoms with van der Waals surface area (Å²) < 4.78 is 40.9. The first-order chi connectivity index (χ1) is 9.88. The summed E-state index contributed by atoms with van der Waals surface area (Å²) in [5.74, 6) is 0.321. The summed E-state index contributed by atoms with van der Waals surface area (Å²) in [6.45, 7) is 1.12. The fraction of sp³-hybridized carbons (Fsp3) is 0.571. The standard InChI is InChI=1S/C14H18BrFN2O2S/c15-11-5-12(16)13(17)6-14(11)21(19,20)18(7-9-1-2-9)8-10-3-4-10/h5-6,9-10H,1-4,7-8,17H2. The highest BCUT2D eigenvalue weighted by Crippen LogP contribution is 2.37. The van der Waals surface area contributed by atoms with Gasteiger partial charge in [-0.2, -0.15) is 4.31 Å². The molecule has 1 aromatic carbocycles. The lowest BCUT2D eigenvalue weighted by molar-refractivity contribution is 0.382. The van der Waals surface area contributed by atoms with Crippen LogP contribution in [0.1, 0.15) is 25.7 Å². The zero-order valence-corrected chi connectivity index (χ0v) is 14.0. The minimum atomic E-state index is -3.64. The molecule has 0 spiro atoms. The molecule has 1 aromatic rings. The van der Waals surface area contributed by atoms with Crippen molar-refractivity contribution >= 4 is 31.6 Å². The van der Waals surface area contributed by atoms with E-state index in [1.807, 2.05) is 0 Å². The fourth-order valence-electron chi connectivity index (χ4n) is 2.33. The van der Waals surface area contributed by atoms with E-state index in [-0.39, 0.29) is 15.1 Å². The SMILES string of the molecule is Nc1cc(S(=O)(=O)N(CC2CC2)CC2CC2)c(Br)cc1F. The summed E-state index contributed by atoms with van der Waals surface area (Å²) in [5, 5.41) is 0. The van der Waals surface area contributed by atoms with Crippen LogP contribution in [0.3, 0.4) is 0 Å². The lowest BCUT2D eigenvalue weighted by atomic mass is 10.3. The van der Waals surface area contributed by atoms with Crippen molar-refractivity contribution in [3.05, 3.63) is 22.4 Å². The van der Waals surface area contributed by atoms with Crippen LogP contribution in [0.5, 0.6) is 0 Å². The van der Waals surface area contributed by atoms with Gasteiger partial charge in [-0.15, -0.1) is 0 Å². The Morgan fingerprint density at radius 1 is 1.19 bits per heavy atom. The molecule has 116 valence electrons. The summed E-state index contributed by atoms with van der Waals surface area (Å²) in [6.07, 6.45) is 4.35. The van der Waals surface area contributed by atoms with E-state index < -0.39 is 15.8 Å². The second-order valence-corrected chi connectivity index (χ2v) is 8.77. The van der Waals surface area contributed by atoms with Gasteiger partial charge in [0.05, 0.1) is 10.6 Å². The van der Waals surface area contributed by atoms with Crippen LogP contribution in [0.2, 0.25) is 0 Å². The molecule has 0 aromatic heterocycles. The molecule has 2 aliphatic carbocycles. The molecule has 0 heterocycles. The quantitative estimate of drug-likeness (QED) is 0.776. The average Bonchev–Trinajstić information content (AvgIpc) is 3.27. The van der Waals surface area contributed by atoms with E-state index in [0.29, 0.717) is 24.9 Å². The summed E-state index contributed by atoms with van der Waals surface area (Å²) in [6, 6.07) is 2.33. The smallest absolute Gasteiger partial charge is 0.244 e. The molecule has 0 bridgehead atoms. The van der Waals surface area contributed by atoms with Crippen LogP contribution in [0, 0.1) is 17.7 Å². The molecular formula is C14H18BrFN2O2S. The number of halogens is 2. The highest BCUT2D eigenvalue weighted by Gasteiger charge is 2.36. The third kappa shape index (κ3) is 3.40. The Bertz CT molecular complexity index is 643. The molecule has 2 N–H and O–H groups in total. The maximum absolute atomic E-state index is 13.4. The van der Waals surface area contributed by atoms with Crippen molar-refractivity contribution in [3.63, 3.8) is 0 Å². The summed E-state index contributed by atoms with van der Waals surface area (Å²) in [7, 11) is -3.64. The number of hydrogen-bond acceptors (Lipinski definition) is 3. The molecule has 3 rings (SSSR count). The fourth-order valence-corrected chi connectivity index (χ4v) is 4.93. The maximum atomic E-state index is 13.4. The Kier molecular flexibility index (Phi) is 4.00. The summed E-state index contributed by atoms with van der Waals surface area (Å²) in [5.41, 5.74) is 5.39. The van der Waals surface area contributed by atoms with Gasteiger partial charge in [-0.05, 0) is 65.6 Å². The lowest BCUT2D eigenvalue weighted by Gasteiger charge is -2.23. The topological polar surface area (TPSA) is 63.4 Å². The molecule has 4 nitrogen and oxygen atoms in total. The second kappa shape index (κ2) is 5.52. The van der Waals surface area contributed by atoms with Gasteiger partial charge in [0.15, 0.2) is 0 Å². The molecule has 2 saturated carbocycles. The first kappa shape index (κ1) is 15.2. The minimum absolute atomic E-state index is 0.0581. The van der Waals surface area contributed by atoms with Gasteiger partial charge in [-0.3, -0.25) is 0 Å². The second-order valence-electron chi connectivity index (χ2n) is 6.01. The van der Waals surface area contributed by atoms with Crippen LogP contribution >= 0.6 is 15.9 Å². The molecule has 7 heteroatoms. The Labute approximate surface area is 132 Å². The normalized spacial score (nSPS) is 19.2. The van der Waals surface area contributed by atoms with E-state index in [1.54, 1.807) is 4.31 Å².